The highest BCUT2D eigenvalue weighted by molar-refractivity contribution is 5.76. The molecule has 1 aromatic heterocycles. The molecular weight excluding hydrogens is 292 g/mol. The van der Waals surface area contributed by atoms with Crippen molar-refractivity contribution in [3.05, 3.63) is 28.2 Å². The largest absolute Gasteiger partial charge is 0.356 e. The van der Waals surface area contributed by atoms with Crippen LogP contribution in [0, 0.1) is 18.8 Å². The summed E-state index contributed by atoms with van der Waals surface area (Å²) >= 11 is 0. The number of carbonyl (C=O) groups is 1. The molecule has 0 spiro atoms. The van der Waals surface area contributed by atoms with Gasteiger partial charge in [-0.3, -0.25) is 9.59 Å². The third-order valence-corrected chi connectivity index (χ3v) is 5.02. The highest BCUT2D eigenvalue weighted by Gasteiger charge is 2.24. The Hall–Kier alpha value is -1.69. The minimum atomic E-state index is -0.00373. The summed E-state index contributed by atoms with van der Waals surface area (Å²) in [6, 6.07) is 3.37. The first kappa shape index (κ1) is 16.2. The SMILES string of the molecule is Cc1ccc(=O)n(CC2CCN(CC3CCC(=O)NC3)CC2)n1. The molecule has 3 rings (SSSR count). The Labute approximate surface area is 136 Å². The molecule has 1 unspecified atom stereocenters. The molecule has 0 aromatic carbocycles. The normalized spacial score (nSPS) is 23.7. The van der Waals surface area contributed by atoms with Gasteiger partial charge in [-0.15, -0.1) is 0 Å². The summed E-state index contributed by atoms with van der Waals surface area (Å²) in [5.41, 5.74) is 0.886. The molecule has 2 saturated heterocycles. The molecule has 2 fully saturated rings. The molecule has 126 valence electrons. The third-order valence-electron chi connectivity index (χ3n) is 5.02. The van der Waals surface area contributed by atoms with E-state index in [-0.39, 0.29) is 11.5 Å². The number of hydrogen-bond acceptors (Lipinski definition) is 4. The summed E-state index contributed by atoms with van der Waals surface area (Å²) in [6.45, 7) is 6.71. The maximum Gasteiger partial charge on any atom is 0.266 e. The van der Waals surface area contributed by atoms with Gasteiger partial charge in [-0.2, -0.15) is 5.10 Å². The van der Waals surface area contributed by atoms with Crippen molar-refractivity contribution in [2.45, 2.75) is 39.2 Å². The van der Waals surface area contributed by atoms with E-state index in [1.807, 2.05) is 6.92 Å². The van der Waals surface area contributed by atoms with E-state index < -0.39 is 0 Å². The Kier molecular flexibility index (Phi) is 5.10. The smallest absolute Gasteiger partial charge is 0.266 e. The second kappa shape index (κ2) is 7.25. The Morgan fingerprint density at radius 1 is 1.13 bits per heavy atom. The van der Waals surface area contributed by atoms with Crippen molar-refractivity contribution in [3.63, 3.8) is 0 Å². The van der Waals surface area contributed by atoms with E-state index in [9.17, 15) is 9.59 Å². The van der Waals surface area contributed by atoms with E-state index in [1.165, 1.54) is 0 Å². The molecule has 0 bridgehead atoms. The van der Waals surface area contributed by atoms with Gasteiger partial charge in [0.25, 0.3) is 5.56 Å². The number of likely N-dealkylation sites (tertiary alicyclic amines) is 1. The van der Waals surface area contributed by atoms with Crippen LogP contribution in [0.25, 0.3) is 0 Å². The van der Waals surface area contributed by atoms with Gasteiger partial charge in [0, 0.05) is 32.1 Å². The van der Waals surface area contributed by atoms with Gasteiger partial charge in [0.05, 0.1) is 5.69 Å². The Morgan fingerprint density at radius 2 is 1.91 bits per heavy atom. The van der Waals surface area contributed by atoms with Crippen LogP contribution in [-0.4, -0.2) is 46.8 Å². The lowest BCUT2D eigenvalue weighted by atomic mass is 9.94. The van der Waals surface area contributed by atoms with E-state index in [0.29, 0.717) is 18.3 Å². The Morgan fingerprint density at radius 3 is 2.61 bits per heavy atom. The fourth-order valence-corrected chi connectivity index (χ4v) is 3.58. The summed E-state index contributed by atoms with van der Waals surface area (Å²) < 4.78 is 1.62. The molecule has 0 aliphatic carbocycles. The molecule has 0 radical (unpaired) electrons. The van der Waals surface area contributed by atoms with Crippen molar-refractivity contribution in [3.8, 4) is 0 Å². The topological polar surface area (TPSA) is 67.2 Å². The van der Waals surface area contributed by atoms with E-state index >= 15 is 0 Å². The minimum Gasteiger partial charge on any atom is -0.356 e. The van der Waals surface area contributed by atoms with Crippen molar-refractivity contribution in [2.24, 2.45) is 11.8 Å². The standard InChI is InChI=1S/C17H26N4O2/c1-13-2-5-17(23)21(19-13)12-14-6-8-20(9-7-14)11-15-3-4-16(22)18-10-15/h2,5,14-15H,3-4,6-12H2,1H3,(H,18,22). The molecule has 1 aromatic rings. The molecule has 1 atom stereocenters. The zero-order chi connectivity index (χ0) is 16.2. The molecule has 2 aliphatic heterocycles. The quantitative estimate of drug-likeness (QED) is 0.891. The molecule has 23 heavy (non-hydrogen) atoms. The van der Waals surface area contributed by atoms with Crippen molar-refractivity contribution < 1.29 is 4.79 Å². The second-order valence-corrected chi connectivity index (χ2v) is 6.95. The van der Waals surface area contributed by atoms with Crippen LogP contribution in [0.4, 0.5) is 0 Å². The molecule has 2 aliphatic rings. The predicted octanol–water partition coefficient (Wildman–Crippen LogP) is 0.790. The Bertz CT molecular complexity index is 595. The van der Waals surface area contributed by atoms with Crippen LogP contribution in [0.1, 0.15) is 31.4 Å². The first-order valence-electron chi connectivity index (χ1n) is 8.64. The maximum absolute atomic E-state index is 11.9. The van der Waals surface area contributed by atoms with Crippen LogP contribution in [-0.2, 0) is 11.3 Å². The molecule has 1 N–H and O–H groups in total. The first-order chi connectivity index (χ1) is 11.1. The second-order valence-electron chi connectivity index (χ2n) is 6.95. The average Bonchev–Trinajstić information content (AvgIpc) is 2.55. The number of aromatic nitrogens is 2. The molecule has 3 heterocycles. The van der Waals surface area contributed by atoms with E-state index in [0.717, 1.165) is 57.7 Å². The summed E-state index contributed by atoms with van der Waals surface area (Å²) in [7, 11) is 0. The van der Waals surface area contributed by atoms with Crippen molar-refractivity contribution in [1.29, 1.82) is 0 Å². The lowest BCUT2D eigenvalue weighted by Gasteiger charge is -2.35. The summed E-state index contributed by atoms with van der Waals surface area (Å²) in [6.07, 6.45) is 3.90. The predicted molar refractivity (Wildman–Crippen MR) is 88.1 cm³/mol. The van der Waals surface area contributed by atoms with Crippen LogP contribution < -0.4 is 10.9 Å². The van der Waals surface area contributed by atoms with E-state index in [1.54, 1.807) is 16.8 Å². The van der Waals surface area contributed by atoms with Gasteiger partial charge >= 0.3 is 0 Å². The number of nitrogens with zero attached hydrogens (tertiary/aromatic N) is 3. The fourth-order valence-electron chi connectivity index (χ4n) is 3.58. The molecule has 6 heteroatoms. The fraction of sp³-hybridized carbons (Fsp3) is 0.706. The number of aryl methyl sites for hydroxylation is 1. The van der Waals surface area contributed by atoms with Gasteiger partial charge in [0.1, 0.15) is 0 Å². The highest BCUT2D eigenvalue weighted by atomic mass is 16.1. The Balaban J connectivity index is 1.46. The van der Waals surface area contributed by atoms with Crippen LogP contribution in [0.2, 0.25) is 0 Å². The molecule has 0 saturated carbocycles. The number of nitrogens with one attached hydrogen (secondary N) is 1. The zero-order valence-electron chi connectivity index (χ0n) is 13.8. The monoisotopic (exact) mass is 318 g/mol. The van der Waals surface area contributed by atoms with Crippen molar-refractivity contribution in [2.75, 3.05) is 26.2 Å². The lowest BCUT2D eigenvalue weighted by molar-refractivity contribution is -0.123. The van der Waals surface area contributed by atoms with Crippen LogP contribution >= 0.6 is 0 Å². The van der Waals surface area contributed by atoms with E-state index in [2.05, 4.69) is 15.3 Å². The lowest BCUT2D eigenvalue weighted by Crippen LogP contribution is -2.44. The van der Waals surface area contributed by atoms with Gasteiger partial charge in [0.2, 0.25) is 5.91 Å². The van der Waals surface area contributed by atoms with Crippen molar-refractivity contribution in [1.82, 2.24) is 20.0 Å². The molecule has 1 amide bonds. The zero-order valence-corrected chi connectivity index (χ0v) is 13.8. The van der Waals surface area contributed by atoms with E-state index in [4.69, 9.17) is 0 Å². The van der Waals surface area contributed by atoms with Gasteiger partial charge in [-0.1, -0.05) is 0 Å². The van der Waals surface area contributed by atoms with Gasteiger partial charge in [-0.25, -0.2) is 4.68 Å². The highest BCUT2D eigenvalue weighted by Crippen LogP contribution is 2.21. The van der Waals surface area contributed by atoms with Gasteiger partial charge in [0.15, 0.2) is 0 Å². The summed E-state index contributed by atoms with van der Waals surface area (Å²) in [4.78, 5) is 25.6. The van der Waals surface area contributed by atoms with Gasteiger partial charge < -0.3 is 10.2 Å². The third kappa shape index (κ3) is 4.41. The number of hydrogen-bond donors (Lipinski definition) is 1. The number of amides is 1. The minimum absolute atomic E-state index is 0.00373. The summed E-state index contributed by atoms with van der Waals surface area (Å²) in [5, 5.41) is 7.30. The first-order valence-corrected chi connectivity index (χ1v) is 8.64. The van der Waals surface area contributed by atoms with Crippen LogP contribution in [0.3, 0.4) is 0 Å². The maximum atomic E-state index is 11.9. The number of rotatable bonds is 4. The van der Waals surface area contributed by atoms with Crippen LogP contribution in [0.5, 0.6) is 0 Å². The number of carbonyl (C=O) groups excluding carboxylic acids is 1. The number of piperidine rings is 2. The molecular formula is C17H26N4O2. The molecule has 6 nitrogen and oxygen atoms in total. The summed E-state index contributed by atoms with van der Waals surface area (Å²) in [5.74, 6) is 1.31. The average molecular weight is 318 g/mol. The van der Waals surface area contributed by atoms with Crippen molar-refractivity contribution >= 4 is 5.91 Å². The van der Waals surface area contributed by atoms with Gasteiger partial charge in [-0.05, 0) is 57.2 Å². The van der Waals surface area contributed by atoms with Crippen LogP contribution in [0.15, 0.2) is 16.9 Å².